The summed E-state index contributed by atoms with van der Waals surface area (Å²) in [6.07, 6.45) is 3.54. The molecule has 0 amide bonds. The molecule has 0 aromatic rings. The van der Waals surface area contributed by atoms with Crippen LogP contribution in [0.5, 0.6) is 0 Å². The number of rotatable bonds is 13. The van der Waals surface area contributed by atoms with Gasteiger partial charge in [0.05, 0.1) is 5.75 Å². The van der Waals surface area contributed by atoms with E-state index in [0.29, 0.717) is 19.6 Å². The summed E-state index contributed by atoms with van der Waals surface area (Å²) in [5.74, 6) is 0.209. The minimum atomic E-state index is -3.15. The van der Waals surface area contributed by atoms with Crippen molar-refractivity contribution in [2.45, 2.75) is 46.5 Å². The molecule has 0 aliphatic rings. The molecule has 0 aliphatic heterocycles. The molecule has 20 heavy (non-hydrogen) atoms. The second-order valence-corrected chi connectivity index (χ2v) is 7.93. The fourth-order valence-corrected chi connectivity index (χ4v) is 3.03. The van der Waals surface area contributed by atoms with Crippen LogP contribution in [0.4, 0.5) is 0 Å². The molecular formula is C14H32N2O3S. The molecule has 2 N–H and O–H groups in total. The number of sulfonamides is 1. The first-order chi connectivity index (χ1) is 9.33. The van der Waals surface area contributed by atoms with Gasteiger partial charge >= 0.3 is 0 Å². The number of methoxy groups -OCH3 is 1. The fourth-order valence-electron chi connectivity index (χ4n) is 1.69. The Labute approximate surface area is 124 Å². The van der Waals surface area contributed by atoms with E-state index < -0.39 is 10.0 Å². The Hall–Kier alpha value is -0.170. The number of hydrogen-bond acceptors (Lipinski definition) is 4. The molecule has 0 saturated carbocycles. The third-order valence-corrected chi connectivity index (χ3v) is 4.61. The Kier molecular flexibility index (Phi) is 10.5. The molecule has 0 heterocycles. The zero-order valence-electron chi connectivity index (χ0n) is 13.5. The molecule has 0 unspecified atom stereocenters. The second kappa shape index (κ2) is 10.5. The highest BCUT2D eigenvalue weighted by Crippen LogP contribution is 2.19. The van der Waals surface area contributed by atoms with E-state index in [1.54, 1.807) is 7.11 Å². The second-order valence-electron chi connectivity index (χ2n) is 6.00. The maximum atomic E-state index is 11.9. The zero-order valence-corrected chi connectivity index (χ0v) is 14.3. The van der Waals surface area contributed by atoms with Gasteiger partial charge < -0.3 is 10.1 Å². The summed E-state index contributed by atoms with van der Waals surface area (Å²) in [5.41, 5.74) is -0.0776. The highest BCUT2D eigenvalue weighted by Gasteiger charge is 2.20. The molecule has 122 valence electrons. The van der Waals surface area contributed by atoms with Crippen LogP contribution < -0.4 is 10.0 Å². The highest BCUT2D eigenvalue weighted by atomic mass is 32.2. The number of ether oxygens (including phenoxy) is 1. The standard InChI is InChI=1S/C14H32N2O3S/c1-5-9-15-10-6-7-12-20(17,18)16-13-14(2,3)8-11-19-4/h15-16H,5-13H2,1-4H3. The van der Waals surface area contributed by atoms with Crippen molar-refractivity contribution < 1.29 is 13.2 Å². The van der Waals surface area contributed by atoms with Crippen molar-refractivity contribution in [1.29, 1.82) is 0 Å². The van der Waals surface area contributed by atoms with Crippen LogP contribution in [-0.2, 0) is 14.8 Å². The average Bonchev–Trinajstić information content (AvgIpc) is 2.39. The van der Waals surface area contributed by atoms with Crippen LogP contribution in [0.3, 0.4) is 0 Å². The lowest BCUT2D eigenvalue weighted by atomic mass is 9.90. The first-order valence-corrected chi connectivity index (χ1v) is 9.15. The van der Waals surface area contributed by atoms with Gasteiger partial charge in [-0.1, -0.05) is 20.8 Å². The molecule has 0 aromatic heterocycles. The Morgan fingerprint density at radius 1 is 1.15 bits per heavy atom. The smallest absolute Gasteiger partial charge is 0.211 e. The van der Waals surface area contributed by atoms with Gasteiger partial charge in [-0.25, -0.2) is 13.1 Å². The van der Waals surface area contributed by atoms with Crippen molar-refractivity contribution in [3.8, 4) is 0 Å². The van der Waals surface area contributed by atoms with E-state index in [4.69, 9.17) is 4.74 Å². The summed E-state index contributed by atoms with van der Waals surface area (Å²) in [7, 11) is -1.49. The zero-order chi connectivity index (χ0) is 15.5. The lowest BCUT2D eigenvalue weighted by Gasteiger charge is -2.24. The number of nitrogens with one attached hydrogen (secondary N) is 2. The summed E-state index contributed by atoms with van der Waals surface area (Å²) in [6, 6.07) is 0. The molecule has 5 nitrogen and oxygen atoms in total. The van der Waals surface area contributed by atoms with Gasteiger partial charge in [0.1, 0.15) is 0 Å². The molecule has 6 heteroatoms. The minimum absolute atomic E-state index is 0.0776. The van der Waals surface area contributed by atoms with Crippen LogP contribution in [0.15, 0.2) is 0 Å². The van der Waals surface area contributed by atoms with Gasteiger partial charge in [-0.05, 0) is 44.2 Å². The van der Waals surface area contributed by atoms with Crippen LogP contribution in [0.25, 0.3) is 0 Å². The summed E-state index contributed by atoms with van der Waals surface area (Å²) in [5, 5.41) is 3.27. The van der Waals surface area contributed by atoms with Gasteiger partial charge in [0.2, 0.25) is 10.0 Å². The normalized spacial score (nSPS) is 12.8. The van der Waals surface area contributed by atoms with Crippen molar-refractivity contribution in [2.24, 2.45) is 5.41 Å². The van der Waals surface area contributed by atoms with Crippen LogP contribution in [0, 0.1) is 5.41 Å². The molecule has 0 aliphatic carbocycles. The van der Waals surface area contributed by atoms with Gasteiger partial charge in [-0.2, -0.15) is 0 Å². The summed E-state index contributed by atoms with van der Waals surface area (Å²) >= 11 is 0. The Balaban J connectivity index is 3.84. The van der Waals surface area contributed by atoms with Crippen molar-refractivity contribution in [2.75, 3.05) is 39.1 Å². The van der Waals surface area contributed by atoms with Gasteiger partial charge in [-0.3, -0.25) is 0 Å². The number of unbranched alkanes of at least 4 members (excludes halogenated alkanes) is 1. The predicted octanol–water partition coefficient (Wildman–Crippen LogP) is 1.75. The van der Waals surface area contributed by atoms with E-state index in [-0.39, 0.29) is 11.2 Å². The van der Waals surface area contributed by atoms with E-state index in [0.717, 1.165) is 32.4 Å². The Morgan fingerprint density at radius 2 is 1.85 bits per heavy atom. The van der Waals surface area contributed by atoms with Crippen LogP contribution in [-0.4, -0.2) is 47.5 Å². The molecule has 0 fully saturated rings. The lowest BCUT2D eigenvalue weighted by molar-refractivity contribution is 0.153. The van der Waals surface area contributed by atoms with E-state index in [1.165, 1.54) is 0 Å². The summed E-state index contributed by atoms with van der Waals surface area (Å²) < 4.78 is 31.5. The van der Waals surface area contributed by atoms with Gasteiger partial charge in [-0.15, -0.1) is 0 Å². The van der Waals surface area contributed by atoms with Crippen molar-refractivity contribution in [1.82, 2.24) is 10.0 Å². The first kappa shape index (κ1) is 19.8. The van der Waals surface area contributed by atoms with E-state index in [2.05, 4.69) is 17.0 Å². The lowest BCUT2D eigenvalue weighted by Crippen LogP contribution is -2.36. The van der Waals surface area contributed by atoms with Crippen LogP contribution >= 0.6 is 0 Å². The predicted molar refractivity (Wildman–Crippen MR) is 84.5 cm³/mol. The maximum Gasteiger partial charge on any atom is 0.211 e. The van der Waals surface area contributed by atoms with Crippen LogP contribution in [0.2, 0.25) is 0 Å². The monoisotopic (exact) mass is 308 g/mol. The fraction of sp³-hybridized carbons (Fsp3) is 1.00. The summed E-state index contributed by atoms with van der Waals surface area (Å²) in [6.45, 7) is 9.21. The molecule has 0 atom stereocenters. The third kappa shape index (κ3) is 11.6. The topological polar surface area (TPSA) is 67.4 Å². The molecule has 0 bridgehead atoms. The highest BCUT2D eigenvalue weighted by molar-refractivity contribution is 7.89. The third-order valence-electron chi connectivity index (χ3n) is 3.20. The average molecular weight is 308 g/mol. The van der Waals surface area contributed by atoms with E-state index >= 15 is 0 Å². The number of hydrogen-bond donors (Lipinski definition) is 2. The van der Waals surface area contributed by atoms with Crippen molar-refractivity contribution in [3.05, 3.63) is 0 Å². The van der Waals surface area contributed by atoms with Crippen molar-refractivity contribution >= 4 is 10.0 Å². The Morgan fingerprint density at radius 3 is 2.45 bits per heavy atom. The van der Waals surface area contributed by atoms with E-state index in [1.807, 2.05) is 13.8 Å². The molecule has 0 aromatic carbocycles. The van der Waals surface area contributed by atoms with E-state index in [9.17, 15) is 8.42 Å². The van der Waals surface area contributed by atoms with Gasteiger partial charge in [0.15, 0.2) is 0 Å². The van der Waals surface area contributed by atoms with Crippen molar-refractivity contribution in [3.63, 3.8) is 0 Å². The SMILES string of the molecule is CCCNCCCCS(=O)(=O)NCC(C)(C)CCOC. The largest absolute Gasteiger partial charge is 0.385 e. The van der Waals surface area contributed by atoms with Crippen LogP contribution in [0.1, 0.15) is 46.5 Å². The maximum absolute atomic E-state index is 11.9. The van der Waals surface area contributed by atoms with Gasteiger partial charge in [0, 0.05) is 20.3 Å². The summed E-state index contributed by atoms with van der Waals surface area (Å²) in [4.78, 5) is 0. The molecular weight excluding hydrogens is 276 g/mol. The molecule has 0 saturated heterocycles. The Bertz CT molecular complexity index is 329. The molecule has 0 spiro atoms. The minimum Gasteiger partial charge on any atom is -0.385 e. The quantitative estimate of drug-likeness (QED) is 0.509. The molecule has 0 radical (unpaired) electrons. The first-order valence-electron chi connectivity index (χ1n) is 7.50. The molecule has 0 rings (SSSR count). The van der Waals surface area contributed by atoms with Gasteiger partial charge in [0.25, 0.3) is 0 Å².